The van der Waals surface area contributed by atoms with Gasteiger partial charge >= 0.3 is 0 Å². The summed E-state index contributed by atoms with van der Waals surface area (Å²) in [5, 5.41) is 12.8. The minimum atomic E-state index is 0.161. The third-order valence-electron chi connectivity index (χ3n) is 4.00. The van der Waals surface area contributed by atoms with Crippen molar-refractivity contribution in [3.8, 4) is 0 Å². The fourth-order valence-corrected chi connectivity index (χ4v) is 3.11. The highest BCUT2D eigenvalue weighted by Gasteiger charge is 2.24. The highest BCUT2D eigenvalue weighted by atomic mass is 16.3. The largest absolute Gasteiger partial charge is 0.395 e. The van der Waals surface area contributed by atoms with Crippen molar-refractivity contribution in [1.29, 1.82) is 0 Å². The first-order valence-corrected chi connectivity index (χ1v) is 7.09. The van der Waals surface area contributed by atoms with Crippen molar-refractivity contribution in [2.75, 3.05) is 13.2 Å². The molecule has 1 aromatic carbocycles. The van der Waals surface area contributed by atoms with Gasteiger partial charge in [0, 0.05) is 18.5 Å². The molecule has 1 aromatic heterocycles. The van der Waals surface area contributed by atoms with E-state index in [0.29, 0.717) is 18.5 Å². The summed E-state index contributed by atoms with van der Waals surface area (Å²) >= 11 is 0. The zero-order valence-corrected chi connectivity index (χ0v) is 11.3. The Bertz CT molecular complexity index is 564. The lowest BCUT2D eigenvalue weighted by Crippen LogP contribution is -2.35. The van der Waals surface area contributed by atoms with E-state index < -0.39 is 0 Å². The van der Waals surface area contributed by atoms with Gasteiger partial charge < -0.3 is 15.0 Å². The lowest BCUT2D eigenvalue weighted by Gasteiger charge is -2.28. The summed E-state index contributed by atoms with van der Waals surface area (Å²) in [5.74, 6) is 1.64. The van der Waals surface area contributed by atoms with Crippen molar-refractivity contribution in [2.45, 2.75) is 38.3 Å². The van der Waals surface area contributed by atoms with Crippen molar-refractivity contribution >= 4 is 11.0 Å². The Balaban J connectivity index is 2.03. The predicted molar refractivity (Wildman–Crippen MR) is 76.3 cm³/mol. The minimum absolute atomic E-state index is 0.161. The monoisotopic (exact) mass is 259 g/mol. The number of benzene rings is 1. The smallest absolute Gasteiger partial charge is 0.113 e. The second-order valence-corrected chi connectivity index (χ2v) is 5.41. The summed E-state index contributed by atoms with van der Waals surface area (Å²) in [6.07, 6.45) is 2.24. The number of nitrogens with one attached hydrogen (secondary N) is 1. The molecular weight excluding hydrogens is 238 g/mol. The van der Waals surface area contributed by atoms with Crippen LogP contribution in [-0.2, 0) is 6.54 Å². The maximum absolute atomic E-state index is 9.31. The molecule has 102 valence electrons. The van der Waals surface area contributed by atoms with Crippen LogP contribution in [0.1, 0.15) is 31.5 Å². The number of para-hydroxylation sites is 2. The van der Waals surface area contributed by atoms with E-state index in [1.807, 2.05) is 12.1 Å². The molecule has 0 spiro atoms. The molecule has 1 aliphatic rings. The van der Waals surface area contributed by atoms with Gasteiger partial charge in [-0.15, -0.1) is 0 Å². The molecule has 0 aliphatic carbocycles. The number of hydrogen-bond donors (Lipinski definition) is 2. The molecule has 0 bridgehead atoms. The third kappa shape index (κ3) is 2.38. The molecule has 19 heavy (non-hydrogen) atoms. The van der Waals surface area contributed by atoms with E-state index in [1.54, 1.807) is 0 Å². The van der Waals surface area contributed by atoms with Gasteiger partial charge in [0.1, 0.15) is 5.82 Å². The van der Waals surface area contributed by atoms with Gasteiger partial charge in [0.2, 0.25) is 0 Å². The first kappa shape index (κ1) is 12.6. The SMILES string of the molecule is CC1CC(c2nc3ccccc3n2CCO)CCN1. The zero-order chi connectivity index (χ0) is 13.2. The average molecular weight is 259 g/mol. The van der Waals surface area contributed by atoms with Gasteiger partial charge in [-0.1, -0.05) is 12.1 Å². The molecule has 2 atom stereocenters. The zero-order valence-electron chi connectivity index (χ0n) is 11.3. The first-order valence-electron chi connectivity index (χ1n) is 7.09. The Morgan fingerprint density at radius 2 is 2.26 bits per heavy atom. The fourth-order valence-electron chi connectivity index (χ4n) is 3.11. The number of piperidine rings is 1. The number of aliphatic hydroxyl groups excluding tert-OH is 1. The van der Waals surface area contributed by atoms with Crippen LogP contribution in [0.3, 0.4) is 0 Å². The number of aliphatic hydroxyl groups is 1. The number of rotatable bonds is 3. The van der Waals surface area contributed by atoms with E-state index in [9.17, 15) is 5.11 Å². The first-order chi connectivity index (χ1) is 9.29. The maximum Gasteiger partial charge on any atom is 0.113 e. The van der Waals surface area contributed by atoms with Crippen LogP contribution >= 0.6 is 0 Å². The molecule has 1 aliphatic heterocycles. The van der Waals surface area contributed by atoms with E-state index in [4.69, 9.17) is 4.98 Å². The Hall–Kier alpha value is -1.39. The maximum atomic E-state index is 9.31. The van der Waals surface area contributed by atoms with Crippen molar-refractivity contribution in [1.82, 2.24) is 14.9 Å². The van der Waals surface area contributed by atoms with E-state index >= 15 is 0 Å². The highest BCUT2D eigenvalue weighted by Crippen LogP contribution is 2.29. The topological polar surface area (TPSA) is 50.1 Å². The van der Waals surface area contributed by atoms with Gasteiger partial charge in [0.05, 0.1) is 17.6 Å². The molecule has 2 N–H and O–H groups in total. The van der Waals surface area contributed by atoms with E-state index in [1.165, 1.54) is 0 Å². The number of fused-ring (bicyclic) bond motifs is 1. The van der Waals surface area contributed by atoms with E-state index in [0.717, 1.165) is 36.2 Å². The highest BCUT2D eigenvalue weighted by molar-refractivity contribution is 5.76. The molecule has 3 rings (SSSR count). The van der Waals surface area contributed by atoms with Crippen molar-refractivity contribution in [2.24, 2.45) is 0 Å². The van der Waals surface area contributed by atoms with Gasteiger partial charge in [0.25, 0.3) is 0 Å². The fraction of sp³-hybridized carbons (Fsp3) is 0.533. The van der Waals surface area contributed by atoms with Crippen LogP contribution in [0.5, 0.6) is 0 Å². The molecule has 2 heterocycles. The van der Waals surface area contributed by atoms with Crippen LogP contribution in [0.4, 0.5) is 0 Å². The van der Waals surface area contributed by atoms with Crippen LogP contribution in [-0.4, -0.2) is 33.9 Å². The minimum Gasteiger partial charge on any atom is -0.395 e. The lowest BCUT2D eigenvalue weighted by atomic mass is 9.92. The summed E-state index contributed by atoms with van der Waals surface area (Å²) in [6.45, 7) is 4.07. The number of aromatic nitrogens is 2. The molecular formula is C15H21N3O. The number of imidazole rings is 1. The summed E-state index contributed by atoms with van der Waals surface area (Å²) < 4.78 is 2.19. The Morgan fingerprint density at radius 1 is 1.42 bits per heavy atom. The second-order valence-electron chi connectivity index (χ2n) is 5.41. The van der Waals surface area contributed by atoms with Gasteiger partial charge in [0.15, 0.2) is 0 Å². The van der Waals surface area contributed by atoms with Crippen molar-refractivity contribution < 1.29 is 5.11 Å². The van der Waals surface area contributed by atoms with Gasteiger partial charge in [-0.05, 0) is 38.4 Å². The molecule has 1 fully saturated rings. The molecule has 4 heteroatoms. The summed E-state index contributed by atoms with van der Waals surface area (Å²) in [7, 11) is 0. The van der Waals surface area contributed by atoms with E-state index in [-0.39, 0.29) is 6.61 Å². The average Bonchev–Trinajstić information content (AvgIpc) is 2.79. The third-order valence-corrected chi connectivity index (χ3v) is 4.00. The van der Waals surface area contributed by atoms with Gasteiger partial charge in [-0.3, -0.25) is 0 Å². The molecule has 4 nitrogen and oxygen atoms in total. The van der Waals surface area contributed by atoms with Crippen LogP contribution in [0.2, 0.25) is 0 Å². The number of hydrogen-bond acceptors (Lipinski definition) is 3. The van der Waals surface area contributed by atoms with Crippen LogP contribution in [0.15, 0.2) is 24.3 Å². The van der Waals surface area contributed by atoms with E-state index in [2.05, 4.69) is 28.9 Å². The molecule has 2 aromatic rings. The molecule has 0 amide bonds. The quantitative estimate of drug-likeness (QED) is 0.885. The lowest BCUT2D eigenvalue weighted by molar-refractivity contribution is 0.272. The van der Waals surface area contributed by atoms with Crippen LogP contribution in [0.25, 0.3) is 11.0 Å². The van der Waals surface area contributed by atoms with Gasteiger partial charge in [-0.2, -0.15) is 0 Å². The standard InChI is InChI=1S/C15H21N3O/c1-11-10-12(6-7-16-11)15-17-13-4-2-3-5-14(13)18(15)8-9-19/h2-5,11-12,16,19H,6-10H2,1H3. The van der Waals surface area contributed by atoms with Crippen molar-refractivity contribution in [3.05, 3.63) is 30.1 Å². The number of nitrogens with zero attached hydrogens (tertiary/aromatic N) is 2. The van der Waals surface area contributed by atoms with Crippen molar-refractivity contribution in [3.63, 3.8) is 0 Å². The van der Waals surface area contributed by atoms with Gasteiger partial charge in [-0.25, -0.2) is 4.98 Å². The Labute approximate surface area is 113 Å². The Morgan fingerprint density at radius 3 is 3.05 bits per heavy atom. The molecule has 2 unspecified atom stereocenters. The molecule has 0 saturated carbocycles. The predicted octanol–water partition coefficient (Wildman–Crippen LogP) is 1.88. The summed E-state index contributed by atoms with van der Waals surface area (Å²) in [5.41, 5.74) is 2.18. The Kier molecular flexibility index (Phi) is 3.53. The second kappa shape index (κ2) is 5.31. The summed E-state index contributed by atoms with van der Waals surface area (Å²) in [6, 6.07) is 8.74. The van der Waals surface area contributed by atoms with Crippen LogP contribution < -0.4 is 5.32 Å². The normalized spacial score (nSPS) is 23.9. The molecule has 1 saturated heterocycles. The van der Waals surface area contributed by atoms with Crippen LogP contribution in [0, 0.1) is 0 Å². The molecule has 0 radical (unpaired) electrons. The summed E-state index contributed by atoms with van der Waals surface area (Å²) in [4.78, 5) is 4.81.